The van der Waals surface area contributed by atoms with Gasteiger partial charge in [0.25, 0.3) is 0 Å². The van der Waals surface area contributed by atoms with Gasteiger partial charge in [-0.1, -0.05) is 30.3 Å². The summed E-state index contributed by atoms with van der Waals surface area (Å²) >= 11 is 0. The lowest BCUT2D eigenvalue weighted by Gasteiger charge is -2.15. The number of hydrogen-bond acceptors (Lipinski definition) is 6. The van der Waals surface area contributed by atoms with E-state index in [1.54, 1.807) is 0 Å². The van der Waals surface area contributed by atoms with Gasteiger partial charge < -0.3 is 9.47 Å². The third-order valence-electron chi connectivity index (χ3n) is 3.37. The van der Waals surface area contributed by atoms with E-state index in [2.05, 4.69) is 4.74 Å². The molecular formula is C14H20Cl2N2O4. The highest BCUT2D eigenvalue weighted by atomic mass is 35.5. The molecule has 0 radical (unpaired) electrons. The molecule has 0 saturated carbocycles. The van der Waals surface area contributed by atoms with Gasteiger partial charge in [0.2, 0.25) is 0 Å². The van der Waals surface area contributed by atoms with Gasteiger partial charge in [-0.2, -0.15) is 0 Å². The van der Waals surface area contributed by atoms with E-state index in [-0.39, 0.29) is 37.4 Å². The smallest absolute Gasteiger partial charge is 0.324 e. The molecule has 6 nitrogen and oxygen atoms in total. The van der Waals surface area contributed by atoms with Crippen LogP contribution in [0.15, 0.2) is 30.3 Å². The molecule has 0 spiro atoms. The third kappa shape index (κ3) is 5.14. The number of nitrogens with two attached hydrogens (primary N) is 1. The number of carbonyl (C=O) groups excluding carboxylic acids is 2. The van der Waals surface area contributed by atoms with Crippen molar-refractivity contribution in [3.8, 4) is 0 Å². The summed E-state index contributed by atoms with van der Waals surface area (Å²) in [6.07, 6.45) is 0.330. The maximum atomic E-state index is 12.0. The molecule has 0 amide bonds. The third-order valence-corrected chi connectivity index (χ3v) is 3.37. The van der Waals surface area contributed by atoms with E-state index in [0.717, 1.165) is 5.56 Å². The Bertz CT molecular complexity index is 487. The van der Waals surface area contributed by atoms with Gasteiger partial charge >= 0.3 is 11.9 Å². The van der Waals surface area contributed by atoms with Crippen LogP contribution in [0.1, 0.15) is 12.0 Å². The molecule has 2 atom stereocenters. The predicted octanol–water partition coefficient (Wildman–Crippen LogP) is 1.31. The number of benzene rings is 1. The second-order valence-corrected chi connectivity index (χ2v) is 4.76. The Balaban J connectivity index is 0.00000220. The van der Waals surface area contributed by atoms with Gasteiger partial charge in [-0.05, 0) is 12.0 Å². The summed E-state index contributed by atoms with van der Waals surface area (Å²) in [6, 6.07) is 8.86. The molecule has 1 aromatic rings. The molecular weight excluding hydrogens is 331 g/mol. The van der Waals surface area contributed by atoms with E-state index in [1.807, 2.05) is 30.3 Å². The zero-order valence-corrected chi connectivity index (χ0v) is 13.8. The SMILES string of the molecule is COC(=O)[C@@H]1C[C@H](C(=O)OCc2ccccc2)CN1N.Cl.Cl. The molecule has 2 N–H and O–H groups in total. The predicted molar refractivity (Wildman–Crippen MR) is 85.5 cm³/mol. The Morgan fingerprint density at radius 3 is 2.45 bits per heavy atom. The number of methoxy groups -OCH3 is 1. The van der Waals surface area contributed by atoms with Crippen LogP contribution in [0.3, 0.4) is 0 Å². The van der Waals surface area contributed by atoms with Crippen molar-refractivity contribution in [1.29, 1.82) is 0 Å². The average Bonchev–Trinajstić information content (AvgIpc) is 2.87. The molecule has 1 aliphatic rings. The molecule has 1 aromatic carbocycles. The van der Waals surface area contributed by atoms with E-state index >= 15 is 0 Å². The van der Waals surface area contributed by atoms with Gasteiger partial charge in [-0.3, -0.25) is 15.4 Å². The number of hydrazine groups is 1. The first-order valence-corrected chi connectivity index (χ1v) is 6.41. The summed E-state index contributed by atoms with van der Waals surface area (Å²) in [5, 5.41) is 1.33. The van der Waals surface area contributed by atoms with Crippen LogP contribution in [0.2, 0.25) is 0 Å². The highest BCUT2D eigenvalue weighted by Gasteiger charge is 2.40. The normalized spacial score (nSPS) is 20.5. The fourth-order valence-corrected chi connectivity index (χ4v) is 2.25. The number of esters is 2. The van der Waals surface area contributed by atoms with Gasteiger partial charge in [0.1, 0.15) is 12.6 Å². The van der Waals surface area contributed by atoms with E-state index in [1.165, 1.54) is 12.1 Å². The minimum atomic E-state index is -0.575. The van der Waals surface area contributed by atoms with E-state index in [0.29, 0.717) is 13.0 Å². The molecule has 8 heteroatoms. The molecule has 0 aromatic heterocycles. The van der Waals surface area contributed by atoms with Crippen molar-refractivity contribution >= 4 is 36.8 Å². The van der Waals surface area contributed by atoms with E-state index in [4.69, 9.17) is 10.6 Å². The van der Waals surface area contributed by atoms with Crippen LogP contribution in [0.25, 0.3) is 0 Å². The lowest BCUT2D eigenvalue weighted by atomic mass is 10.1. The molecule has 124 valence electrons. The molecule has 2 rings (SSSR count). The van der Waals surface area contributed by atoms with Crippen molar-refractivity contribution in [2.45, 2.75) is 19.1 Å². The van der Waals surface area contributed by atoms with E-state index in [9.17, 15) is 9.59 Å². The highest BCUT2D eigenvalue weighted by molar-refractivity contribution is 5.85. The number of carbonyl (C=O) groups is 2. The topological polar surface area (TPSA) is 81.9 Å². The molecule has 1 fully saturated rings. The largest absolute Gasteiger partial charge is 0.468 e. The van der Waals surface area contributed by atoms with Crippen molar-refractivity contribution in [3.63, 3.8) is 0 Å². The van der Waals surface area contributed by atoms with Crippen LogP contribution in [-0.4, -0.2) is 36.6 Å². The van der Waals surface area contributed by atoms with E-state index < -0.39 is 17.9 Å². The van der Waals surface area contributed by atoms with Gasteiger partial charge in [-0.15, -0.1) is 24.8 Å². The van der Waals surface area contributed by atoms with Crippen molar-refractivity contribution in [3.05, 3.63) is 35.9 Å². The Morgan fingerprint density at radius 1 is 1.23 bits per heavy atom. The molecule has 0 bridgehead atoms. The van der Waals surface area contributed by atoms with Crippen LogP contribution in [0, 0.1) is 5.92 Å². The van der Waals surface area contributed by atoms with Crippen molar-refractivity contribution in [2.24, 2.45) is 11.8 Å². The lowest BCUT2D eigenvalue weighted by Crippen LogP contribution is -2.41. The molecule has 0 unspecified atom stereocenters. The fraction of sp³-hybridized carbons (Fsp3) is 0.429. The Labute approximate surface area is 141 Å². The molecule has 1 saturated heterocycles. The summed E-state index contributed by atoms with van der Waals surface area (Å²) in [6.45, 7) is 0.525. The minimum Gasteiger partial charge on any atom is -0.468 e. The number of ether oxygens (including phenoxy) is 2. The van der Waals surface area contributed by atoms with Gasteiger partial charge in [-0.25, -0.2) is 5.01 Å². The van der Waals surface area contributed by atoms with Crippen LogP contribution in [0.4, 0.5) is 0 Å². The van der Waals surface area contributed by atoms with Crippen LogP contribution >= 0.6 is 24.8 Å². The first-order chi connectivity index (χ1) is 9.61. The van der Waals surface area contributed by atoms with Gasteiger partial charge in [0.05, 0.1) is 13.0 Å². The fourth-order valence-electron chi connectivity index (χ4n) is 2.25. The zero-order chi connectivity index (χ0) is 14.5. The van der Waals surface area contributed by atoms with Crippen molar-refractivity contribution in [2.75, 3.05) is 13.7 Å². The molecule has 22 heavy (non-hydrogen) atoms. The number of hydrogen-bond donors (Lipinski definition) is 1. The standard InChI is InChI=1S/C14H18N2O4.2ClH/c1-19-14(18)12-7-11(8-16(12)15)13(17)20-9-10-5-3-2-4-6-10;;/h2-6,11-12H,7-9,15H2,1H3;2*1H/t11-,12-;;/m0../s1. The monoisotopic (exact) mass is 350 g/mol. The first-order valence-electron chi connectivity index (χ1n) is 6.41. The van der Waals surface area contributed by atoms with Crippen molar-refractivity contribution < 1.29 is 19.1 Å². The Kier molecular flexibility index (Phi) is 9.04. The Hall–Kier alpha value is -1.34. The van der Waals surface area contributed by atoms with Crippen LogP contribution < -0.4 is 5.84 Å². The quantitative estimate of drug-likeness (QED) is 0.651. The summed E-state index contributed by atoms with van der Waals surface area (Å²) in [5.74, 6) is 4.56. The lowest BCUT2D eigenvalue weighted by molar-refractivity contribution is -0.149. The van der Waals surface area contributed by atoms with Crippen LogP contribution in [-0.2, 0) is 25.7 Å². The summed E-state index contributed by atoms with van der Waals surface area (Å²) in [7, 11) is 1.30. The number of nitrogens with zero attached hydrogens (tertiary/aromatic N) is 1. The number of halogens is 2. The molecule has 1 heterocycles. The molecule has 0 aliphatic carbocycles. The van der Waals surface area contributed by atoms with Crippen molar-refractivity contribution in [1.82, 2.24) is 5.01 Å². The van der Waals surface area contributed by atoms with Gasteiger partial charge in [0.15, 0.2) is 0 Å². The minimum absolute atomic E-state index is 0. The summed E-state index contributed by atoms with van der Waals surface area (Å²) in [4.78, 5) is 23.4. The summed E-state index contributed by atoms with van der Waals surface area (Å²) in [5.41, 5.74) is 0.924. The van der Waals surface area contributed by atoms with Gasteiger partial charge in [0, 0.05) is 6.54 Å². The molecule has 1 aliphatic heterocycles. The number of rotatable bonds is 4. The Morgan fingerprint density at radius 2 is 1.86 bits per heavy atom. The second-order valence-electron chi connectivity index (χ2n) is 4.76. The second kappa shape index (κ2) is 9.63. The highest BCUT2D eigenvalue weighted by Crippen LogP contribution is 2.22. The van der Waals surface area contributed by atoms with Crippen LogP contribution in [0.5, 0.6) is 0 Å². The zero-order valence-electron chi connectivity index (χ0n) is 12.1. The summed E-state index contributed by atoms with van der Waals surface area (Å²) < 4.78 is 9.90. The maximum absolute atomic E-state index is 12.0. The average molecular weight is 351 g/mol. The first kappa shape index (κ1) is 20.7. The maximum Gasteiger partial charge on any atom is 0.324 e.